The Bertz CT molecular complexity index is 2190. The lowest BCUT2D eigenvalue weighted by Gasteiger charge is -2.32. The topological polar surface area (TPSA) is 129 Å². The molecule has 0 radical (unpaired) electrons. The number of pyridine rings is 4. The van der Waals surface area contributed by atoms with E-state index < -0.39 is 23.3 Å². The molecule has 4 aromatic heterocycles. The van der Waals surface area contributed by atoms with Crippen LogP contribution in [0.4, 0.5) is 30.5 Å². The molecule has 3 aliphatic heterocycles. The maximum atomic E-state index is 17.1. The van der Waals surface area contributed by atoms with Gasteiger partial charge >= 0.3 is 0 Å². The number of ether oxygens (including phenoxy) is 2. The molecule has 0 bridgehead atoms. The van der Waals surface area contributed by atoms with Crippen LogP contribution in [0.2, 0.25) is 0 Å². The van der Waals surface area contributed by atoms with Crippen molar-refractivity contribution < 1.29 is 22.6 Å². The molecule has 3 atom stereocenters. The van der Waals surface area contributed by atoms with Gasteiger partial charge in [-0.2, -0.15) is 0 Å². The molecule has 0 unspecified atom stereocenters. The van der Waals surface area contributed by atoms with E-state index in [4.69, 9.17) is 27.4 Å². The van der Waals surface area contributed by atoms with Gasteiger partial charge in [0.05, 0.1) is 34.8 Å². The number of hydrogen-bond acceptors (Lipinski definition) is 10. The van der Waals surface area contributed by atoms with Gasteiger partial charge in [0.25, 0.3) is 0 Å². The normalized spacial score (nSPS) is 21.0. The molecule has 8 rings (SSSR count). The summed E-state index contributed by atoms with van der Waals surface area (Å²) in [5.74, 6) is 1.52. The Labute approximate surface area is 280 Å². The average Bonchev–Trinajstić information content (AvgIpc) is 3.55. The maximum Gasteiger partial charge on any atom is 0.226 e. The summed E-state index contributed by atoms with van der Waals surface area (Å²) in [6.45, 7) is 3.86. The molecule has 250 valence electrons. The van der Waals surface area contributed by atoms with Crippen molar-refractivity contribution in [2.75, 3.05) is 49.2 Å². The van der Waals surface area contributed by atoms with Crippen molar-refractivity contribution in [1.29, 1.82) is 0 Å². The van der Waals surface area contributed by atoms with E-state index in [0.717, 1.165) is 24.9 Å². The first-order valence-corrected chi connectivity index (χ1v) is 16.2. The second-order valence-corrected chi connectivity index (χ2v) is 12.9. The van der Waals surface area contributed by atoms with Gasteiger partial charge in [-0.3, -0.25) is 4.90 Å². The van der Waals surface area contributed by atoms with Crippen molar-refractivity contribution in [3.05, 3.63) is 65.4 Å². The number of nitrogens with zero attached hydrogens (tertiary/aromatic N) is 6. The van der Waals surface area contributed by atoms with Crippen LogP contribution >= 0.6 is 0 Å². The van der Waals surface area contributed by atoms with Gasteiger partial charge in [0, 0.05) is 36.2 Å². The minimum absolute atomic E-state index is 0.0468. The van der Waals surface area contributed by atoms with Gasteiger partial charge in [0.2, 0.25) is 11.8 Å². The summed E-state index contributed by atoms with van der Waals surface area (Å²) < 4.78 is 59.3. The summed E-state index contributed by atoms with van der Waals surface area (Å²) in [5, 5.41) is 0.954. The zero-order chi connectivity index (χ0) is 34.0. The lowest BCUT2D eigenvalue weighted by atomic mass is 9.95. The van der Waals surface area contributed by atoms with Gasteiger partial charge in [-0.25, -0.2) is 33.1 Å². The van der Waals surface area contributed by atoms with E-state index in [2.05, 4.69) is 30.8 Å². The third-order valence-electron chi connectivity index (χ3n) is 10.1. The highest BCUT2D eigenvalue weighted by molar-refractivity contribution is 6.03. The molecule has 0 amide bonds. The number of alkyl halides is 1. The Balaban J connectivity index is 1.34. The van der Waals surface area contributed by atoms with Crippen LogP contribution in [-0.2, 0) is 0 Å². The zero-order valence-electron chi connectivity index (χ0n) is 26.7. The van der Waals surface area contributed by atoms with E-state index in [0.29, 0.717) is 41.8 Å². The lowest BCUT2D eigenvalue weighted by Crippen LogP contribution is -2.43. The zero-order valence-corrected chi connectivity index (χ0v) is 26.7. The SMILES string of the molecule is C#Cc1c(F)ccc2cc(N)nc(-c3nc4c5c(cc(OC[C@@]67CCCN6C[C@H](F)C7)nc5c3F)N([C@H](C)c3cccnc3N)CCO4)c12. The summed E-state index contributed by atoms with van der Waals surface area (Å²) in [7, 11) is 0. The van der Waals surface area contributed by atoms with Gasteiger partial charge in [0.15, 0.2) is 5.82 Å². The average molecular weight is 667 g/mol. The van der Waals surface area contributed by atoms with E-state index >= 15 is 4.39 Å². The highest BCUT2D eigenvalue weighted by atomic mass is 19.1. The van der Waals surface area contributed by atoms with Crippen molar-refractivity contribution in [2.45, 2.75) is 43.9 Å². The molecule has 0 spiro atoms. The number of anilines is 3. The summed E-state index contributed by atoms with van der Waals surface area (Å²) in [5.41, 5.74) is 12.8. The van der Waals surface area contributed by atoms with Crippen LogP contribution in [-0.4, -0.2) is 69.4 Å². The third kappa shape index (κ3) is 5.01. The van der Waals surface area contributed by atoms with Crippen LogP contribution in [0, 0.1) is 24.0 Å². The number of fused-ring (bicyclic) bond motifs is 2. The molecule has 7 heterocycles. The molecule has 4 N–H and O–H groups in total. The van der Waals surface area contributed by atoms with Gasteiger partial charge in [-0.1, -0.05) is 18.1 Å². The summed E-state index contributed by atoms with van der Waals surface area (Å²) >= 11 is 0. The lowest BCUT2D eigenvalue weighted by molar-refractivity contribution is 0.111. The predicted octanol–water partition coefficient (Wildman–Crippen LogP) is 5.58. The van der Waals surface area contributed by atoms with Crippen LogP contribution in [0.15, 0.2) is 42.6 Å². The van der Waals surface area contributed by atoms with Crippen molar-refractivity contribution in [1.82, 2.24) is 24.8 Å². The first-order chi connectivity index (χ1) is 23.7. The molecule has 1 aromatic carbocycles. The number of aromatic nitrogens is 4. The van der Waals surface area contributed by atoms with E-state index in [1.807, 2.05) is 17.9 Å². The van der Waals surface area contributed by atoms with Crippen molar-refractivity contribution in [2.24, 2.45) is 0 Å². The molecular formula is C36H33F3N8O2. The molecule has 49 heavy (non-hydrogen) atoms. The predicted molar refractivity (Wildman–Crippen MR) is 181 cm³/mol. The fourth-order valence-corrected chi connectivity index (χ4v) is 7.79. The molecule has 10 nitrogen and oxygen atoms in total. The maximum absolute atomic E-state index is 17.1. The molecule has 5 aromatic rings. The van der Waals surface area contributed by atoms with E-state index in [1.54, 1.807) is 18.3 Å². The van der Waals surface area contributed by atoms with Crippen LogP contribution in [0.1, 0.15) is 43.4 Å². The fourth-order valence-electron chi connectivity index (χ4n) is 7.79. The van der Waals surface area contributed by atoms with Crippen molar-refractivity contribution in [3.63, 3.8) is 0 Å². The Hall–Kier alpha value is -5.35. The smallest absolute Gasteiger partial charge is 0.226 e. The number of rotatable bonds is 6. The molecule has 13 heteroatoms. The van der Waals surface area contributed by atoms with Gasteiger partial charge in [0.1, 0.15) is 53.7 Å². The van der Waals surface area contributed by atoms with Gasteiger partial charge in [-0.15, -0.1) is 6.42 Å². The van der Waals surface area contributed by atoms with E-state index in [9.17, 15) is 8.78 Å². The molecular weight excluding hydrogens is 633 g/mol. The van der Waals surface area contributed by atoms with Gasteiger partial charge < -0.3 is 25.8 Å². The first kappa shape index (κ1) is 31.0. The quantitative estimate of drug-likeness (QED) is 0.222. The Kier molecular flexibility index (Phi) is 7.37. The Morgan fingerprint density at radius 2 is 1.98 bits per heavy atom. The molecule has 2 fully saturated rings. The minimum Gasteiger partial charge on any atom is -0.476 e. The second kappa shape index (κ2) is 11.7. The van der Waals surface area contributed by atoms with Gasteiger partial charge in [-0.05, 0) is 49.9 Å². The number of halogens is 3. The van der Waals surface area contributed by atoms with E-state index in [-0.39, 0.29) is 64.7 Å². The summed E-state index contributed by atoms with van der Waals surface area (Å²) in [6.07, 6.45) is 8.49. The monoisotopic (exact) mass is 666 g/mol. The second-order valence-electron chi connectivity index (χ2n) is 12.9. The van der Waals surface area contributed by atoms with Crippen LogP contribution in [0.25, 0.3) is 33.1 Å². The van der Waals surface area contributed by atoms with Crippen LogP contribution in [0.3, 0.4) is 0 Å². The highest BCUT2D eigenvalue weighted by Crippen LogP contribution is 2.46. The Morgan fingerprint density at radius 1 is 1.12 bits per heavy atom. The summed E-state index contributed by atoms with van der Waals surface area (Å²) in [4.78, 5) is 22.1. The third-order valence-corrected chi connectivity index (χ3v) is 10.1. The summed E-state index contributed by atoms with van der Waals surface area (Å²) in [6, 6.07) is 9.37. The highest BCUT2D eigenvalue weighted by Gasteiger charge is 2.49. The minimum atomic E-state index is -0.941. The number of hydrogen-bond donors (Lipinski definition) is 2. The van der Waals surface area contributed by atoms with Crippen molar-refractivity contribution >= 4 is 39.0 Å². The fraction of sp³-hybridized carbons (Fsp3) is 0.333. The first-order valence-electron chi connectivity index (χ1n) is 16.2. The van der Waals surface area contributed by atoms with Crippen molar-refractivity contribution in [3.8, 4) is 35.5 Å². The molecule has 3 aliphatic rings. The number of benzene rings is 1. The van der Waals surface area contributed by atoms with Crippen LogP contribution < -0.4 is 25.8 Å². The molecule has 2 saturated heterocycles. The van der Waals surface area contributed by atoms with E-state index in [1.165, 1.54) is 18.2 Å². The van der Waals surface area contributed by atoms with Crippen LogP contribution in [0.5, 0.6) is 11.8 Å². The molecule has 0 saturated carbocycles. The number of terminal acetylenes is 1. The Morgan fingerprint density at radius 3 is 2.80 bits per heavy atom. The number of nitrogens with two attached hydrogens (primary N) is 2. The number of nitrogen functional groups attached to an aromatic ring is 2. The molecule has 0 aliphatic carbocycles. The largest absolute Gasteiger partial charge is 0.476 e. The standard InChI is InChI=1S/C36H33F3N8O2/c1-3-22-24(38)8-7-20-14-26(40)43-32(28(20)22)33-30(39)31-29-25(15-27(44-31)49-18-36-9-5-11-46(36)17-21(37)16-36)47(12-13-48-35(29)45-33)19(2)23-6-4-10-42-34(23)41/h1,4,6-8,10,14-15,19,21H,5,9,11-13,16-18H2,2H3,(H2,40,43)(H2,41,42)/t19-,21-,36+/m1/s1.